The van der Waals surface area contributed by atoms with Gasteiger partial charge >= 0.3 is 23.9 Å². The van der Waals surface area contributed by atoms with E-state index in [9.17, 15) is 19.2 Å². The molecule has 12 heteroatoms. The van der Waals surface area contributed by atoms with Gasteiger partial charge in [0.1, 0.15) is 12.7 Å². The van der Waals surface area contributed by atoms with Crippen LogP contribution >= 0.6 is 31.9 Å². The molecule has 1 fully saturated rings. The normalized spacial score (nSPS) is 23.0. The van der Waals surface area contributed by atoms with Crippen molar-refractivity contribution < 1.29 is 47.6 Å². The van der Waals surface area contributed by atoms with Gasteiger partial charge in [-0.3, -0.25) is 9.59 Å². The summed E-state index contributed by atoms with van der Waals surface area (Å²) < 4.78 is 34.7. The molecule has 0 radical (unpaired) electrons. The van der Waals surface area contributed by atoms with Crippen molar-refractivity contribution in [2.75, 3.05) is 13.7 Å². The van der Waals surface area contributed by atoms with Crippen LogP contribution in [-0.4, -0.2) is 68.3 Å². The van der Waals surface area contributed by atoms with Gasteiger partial charge in [0, 0.05) is 29.9 Å². The molecular weight excluding hydrogens is 620 g/mol. The van der Waals surface area contributed by atoms with Crippen LogP contribution in [0.5, 0.6) is 0 Å². The summed E-state index contributed by atoms with van der Waals surface area (Å²) in [5.41, 5.74) is 0.415. The molecule has 0 saturated carbocycles. The number of carbonyl (C=O) groups is 4. The lowest BCUT2D eigenvalue weighted by molar-refractivity contribution is -0.295. The minimum Gasteiger partial charge on any atom is -0.463 e. The maximum atomic E-state index is 13.0. The van der Waals surface area contributed by atoms with Gasteiger partial charge in [-0.15, -0.1) is 0 Å². The van der Waals surface area contributed by atoms with E-state index in [4.69, 9.17) is 28.4 Å². The van der Waals surface area contributed by atoms with E-state index < -0.39 is 54.6 Å². The summed E-state index contributed by atoms with van der Waals surface area (Å²) in [6, 6.07) is 12.7. The summed E-state index contributed by atoms with van der Waals surface area (Å²) in [6.45, 7) is 2.00. The zero-order chi connectivity index (χ0) is 27.1. The highest BCUT2D eigenvalue weighted by molar-refractivity contribution is 9.10. The molecule has 0 unspecified atom stereocenters. The van der Waals surface area contributed by atoms with Crippen molar-refractivity contribution >= 4 is 55.7 Å². The molecule has 1 aliphatic rings. The fourth-order valence-electron chi connectivity index (χ4n) is 3.55. The standard InChI is InChI=1S/C25H24Br2O10/c1-13(28)33-12-19-20(36-23(30)15-4-8-17(26)9-5-15)21(34-14(2)29)22(25(32-3)35-19)37-24(31)16-6-10-18(27)11-7-16/h4-11,19-22,25H,12H2,1-3H3/t19-,20-,21+,22-,25-/m1/s1. The lowest BCUT2D eigenvalue weighted by Crippen LogP contribution is -2.62. The van der Waals surface area contributed by atoms with Crippen LogP contribution in [-0.2, 0) is 38.0 Å². The first-order valence-corrected chi connectivity index (χ1v) is 12.6. The first-order valence-electron chi connectivity index (χ1n) is 11.0. The quantitative estimate of drug-likeness (QED) is 0.310. The number of methoxy groups -OCH3 is 1. The molecule has 1 saturated heterocycles. The van der Waals surface area contributed by atoms with Gasteiger partial charge in [0.2, 0.25) is 0 Å². The number of hydrogen-bond acceptors (Lipinski definition) is 10. The molecule has 5 atom stereocenters. The Hall–Kier alpha value is -2.80. The molecule has 37 heavy (non-hydrogen) atoms. The highest BCUT2D eigenvalue weighted by Crippen LogP contribution is 2.31. The van der Waals surface area contributed by atoms with Crippen LogP contribution in [0.3, 0.4) is 0 Å². The van der Waals surface area contributed by atoms with Gasteiger partial charge in [0.15, 0.2) is 24.6 Å². The van der Waals surface area contributed by atoms with E-state index in [0.29, 0.717) is 0 Å². The first kappa shape index (κ1) is 28.8. The van der Waals surface area contributed by atoms with Gasteiger partial charge in [-0.1, -0.05) is 31.9 Å². The van der Waals surface area contributed by atoms with Crippen molar-refractivity contribution in [2.24, 2.45) is 0 Å². The summed E-state index contributed by atoms with van der Waals surface area (Å²) >= 11 is 6.60. The maximum Gasteiger partial charge on any atom is 0.338 e. The van der Waals surface area contributed by atoms with E-state index in [-0.39, 0.29) is 17.7 Å². The van der Waals surface area contributed by atoms with Crippen LogP contribution in [0.15, 0.2) is 57.5 Å². The number of carbonyl (C=O) groups excluding carboxylic acids is 4. The molecule has 1 aliphatic heterocycles. The Morgan fingerprint density at radius 3 is 1.65 bits per heavy atom. The Labute approximate surface area is 229 Å². The Bertz CT molecular complexity index is 1120. The van der Waals surface area contributed by atoms with Crippen molar-refractivity contribution in [1.82, 2.24) is 0 Å². The second kappa shape index (κ2) is 13.1. The number of ether oxygens (including phenoxy) is 6. The second-order valence-electron chi connectivity index (χ2n) is 7.91. The Kier molecular flexibility index (Phi) is 10.2. The number of rotatable bonds is 8. The summed E-state index contributed by atoms with van der Waals surface area (Å²) in [7, 11) is 1.30. The molecule has 0 aliphatic carbocycles. The van der Waals surface area contributed by atoms with Gasteiger partial charge < -0.3 is 28.4 Å². The van der Waals surface area contributed by atoms with Crippen LogP contribution < -0.4 is 0 Å². The molecule has 0 amide bonds. The minimum atomic E-state index is -1.35. The predicted octanol–water partition coefficient (Wildman–Crippen LogP) is 3.83. The number of halogens is 2. The smallest absolute Gasteiger partial charge is 0.338 e. The average molecular weight is 644 g/mol. The molecule has 0 bridgehead atoms. The predicted molar refractivity (Wildman–Crippen MR) is 135 cm³/mol. The fourth-order valence-corrected chi connectivity index (χ4v) is 4.08. The van der Waals surface area contributed by atoms with Crippen molar-refractivity contribution in [2.45, 2.75) is 44.6 Å². The monoisotopic (exact) mass is 642 g/mol. The zero-order valence-corrected chi connectivity index (χ0v) is 23.2. The molecule has 2 aromatic carbocycles. The van der Waals surface area contributed by atoms with Crippen LogP contribution in [0.25, 0.3) is 0 Å². The lowest BCUT2D eigenvalue weighted by Gasteiger charge is -2.43. The Morgan fingerprint density at radius 1 is 0.730 bits per heavy atom. The number of esters is 4. The minimum absolute atomic E-state index is 0.202. The molecule has 0 N–H and O–H groups in total. The number of hydrogen-bond donors (Lipinski definition) is 0. The van der Waals surface area contributed by atoms with Crippen molar-refractivity contribution in [3.8, 4) is 0 Å². The van der Waals surface area contributed by atoms with E-state index in [1.54, 1.807) is 24.3 Å². The van der Waals surface area contributed by atoms with Crippen molar-refractivity contribution in [1.29, 1.82) is 0 Å². The third-order valence-electron chi connectivity index (χ3n) is 5.22. The molecule has 3 rings (SSSR count). The van der Waals surface area contributed by atoms with Gasteiger partial charge in [0.05, 0.1) is 11.1 Å². The second-order valence-corrected chi connectivity index (χ2v) is 9.74. The van der Waals surface area contributed by atoms with Gasteiger partial charge in [-0.25, -0.2) is 9.59 Å². The van der Waals surface area contributed by atoms with Crippen molar-refractivity contribution in [3.63, 3.8) is 0 Å². The summed E-state index contributed by atoms with van der Waals surface area (Å²) in [5.74, 6) is -2.86. The van der Waals surface area contributed by atoms with E-state index in [0.717, 1.165) is 15.9 Å². The van der Waals surface area contributed by atoms with E-state index in [1.165, 1.54) is 38.3 Å². The van der Waals surface area contributed by atoms with E-state index >= 15 is 0 Å². The van der Waals surface area contributed by atoms with Crippen LogP contribution in [0, 0.1) is 0 Å². The Balaban J connectivity index is 1.95. The largest absolute Gasteiger partial charge is 0.463 e. The zero-order valence-electron chi connectivity index (χ0n) is 20.1. The molecule has 0 spiro atoms. The highest BCUT2D eigenvalue weighted by atomic mass is 79.9. The maximum absolute atomic E-state index is 13.0. The van der Waals surface area contributed by atoms with Crippen molar-refractivity contribution in [3.05, 3.63) is 68.6 Å². The fraction of sp³-hybridized carbons (Fsp3) is 0.360. The first-order chi connectivity index (χ1) is 17.6. The van der Waals surface area contributed by atoms with Gasteiger partial charge in [0.25, 0.3) is 0 Å². The van der Waals surface area contributed by atoms with Gasteiger partial charge in [-0.05, 0) is 48.5 Å². The topological polar surface area (TPSA) is 124 Å². The van der Waals surface area contributed by atoms with E-state index in [2.05, 4.69) is 31.9 Å². The summed E-state index contributed by atoms with van der Waals surface area (Å²) in [6.07, 6.45) is -6.36. The molecule has 1 heterocycles. The molecule has 0 aromatic heterocycles. The molecule has 198 valence electrons. The summed E-state index contributed by atoms with van der Waals surface area (Å²) in [5, 5.41) is 0. The average Bonchev–Trinajstić information content (AvgIpc) is 2.85. The van der Waals surface area contributed by atoms with Crippen LogP contribution in [0.1, 0.15) is 34.6 Å². The third kappa shape index (κ3) is 7.84. The highest BCUT2D eigenvalue weighted by Gasteiger charge is 2.53. The molecule has 2 aromatic rings. The SMILES string of the molecule is CO[C@@H]1O[C@H](COC(C)=O)[C@@H](OC(=O)c2ccc(Br)cc2)[C@H](OC(C)=O)[C@H]1OC(=O)c1ccc(Br)cc1. The van der Waals surface area contributed by atoms with Gasteiger partial charge in [-0.2, -0.15) is 0 Å². The Morgan fingerprint density at radius 2 is 1.22 bits per heavy atom. The molecule has 10 nitrogen and oxygen atoms in total. The number of benzene rings is 2. The van der Waals surface area contributed by atoms with E-state index in [1.807, 2.05) is 0 Å². The summed E-state index contributed by atoms with van der Waals surface area (Å²) in [4.78, 5) is 49.5. The lowest BCUT2D eigenvalue weighted by atomic mass is 9.98. The van der Waals surface area contributed by atoms with Crippen LogP contribution in [0.2, 0.25) is 0 Å². The third-order valence-corrected chi connectivity index (χ3v) is 6.28. The molecular formula is C25H24Br2O10. The van der Waals surface area contributed by atoms with Crippen LogP contribution in [0.4, 0.5) is 0 Å².